The number of hydrogen-bond donors (Lipinski definition) is 2. The molecule has 6 heteroatoms. The number of nitrogens with one attached hydrogen (secondary N) is 2. The number of anilines is 1. The van der Waals surface area contributed by atoms with Crippen LogP contribution in [-0.4, -0.2) is 17.6 Å². The molecule has 0 aliphatic rings. The zero-order chi connectivity index (χ0) is 19.2. The van der Waals surface area contributed by atoms with Gasteiger partial charge in [0.2, 0.25) is 0 Å². The number of carbonyl (C=O) groups is 1. The van der Waals surface area contributed by atoms with Gasteiger partial charge in [0, 0.05) is 10.2 Å². The minimum absolute atomic E-state index is 0.233. The smallest absolute Gasteiger partial charge is 0.261 e. The fourth-order valence-corrected chi connectivity index (χ4v) is 3.19. The second-order valence-corrected chi connectivity index (χ2v) is 7.28. The highest BCUT2D eigenvalue weighted by molar-refractivity contribution is 9.10. The first-order chi connectivity index (χ1) is 13.1. The van der Waals surface area contributed by atoms with E-state index < -0.39 is 0 Å². The van der Waals surface area contributed by atoms with E-state index in [4.69, 9.17) is 17.0 Å². The maximum absolute atomic E-state index is 12.7. The third-order valence-electron chi connectivity index (χ3n) is 3.88. The quantitative estimate of drug-likeness (QED) is 0.510. The standard InChI is InChI=1S/C21H19BrN2O2S/c1-2-11-26-19-10-8-16(22)13-18(19)20(25)24-21(27)23-17-9-7-14-5-3-4-6-15(14)12-17/h3-10,12-13H,2,11H2,1H3,(H2,23,24,25,27). The van der Waals surface area contributed by atoms with Gasteiger partial charge in [-0.2, -0.15) is 0 Å². The van der Waals surface area contributed by atoms with Crippen LogP contribution in [0.1, 0.15) is 23.7 Å². The number of carbonyl (C=O) groups excluding carboxylic acids is 1. The molecule has 0 atom stereocenters. The maximum Gasteiger partial charge on any atom is 0.261 e. The lowest BCUT2D eigenvalue weighted by Crippen LogP contribution is -2.34. The molecule has 0 radical (unpaired) electrons. The second-order valence-electron chi connectivity index (χ2n) is 5.96. The van der Waals surface area contributed by atoms with Crippen LogP contribution in [0.3, 0.4) is 0 Å². The molecule has 0 unspecified atom stereocenters. The minimum Gasteiger partial charge on any atom is -0.493 e. The minimum atomic E-state index is -0.319. The molecule has 3 aromatic carbocycles. The molecule has 0 fully saturated rings. The molecule has 0 aliphatic carbocycles. The van der Waals surface area contributed by atoms with Crippen LogP contribution >= 0.6 is 28.1 Å². The average molecular weight is 443 g/mol. The Hall–Kier alpha value is -2.44. The van der Waals surface area contributed by atoms with Crippen LogP contribution < -0.4 is 15.4 Å². The summed E-state index contributed by atoms with van der Waals surface area (Å²) in [4.78, 5) is 12.7. The third kappa shape index (κ3) is 5.05. The first-order valence-electron chi connectivity index (χ1n) is 8.60. The van der Waals surface area contributed by atoms with E-state index in [1.165, 1.54) is 0 Å². The van der Waals surface area contributed by atoms with Crippen LogP contribution in [0.4, 0.5) is 5.69 Å². The summed E-state index contributed by atoms with van der Waals surface area (Å²) in [5.41, 5.74) is 1.25. The van der Waals surface area contributed by atoms with Gasteiger partial charge in [-0.05, 0) is 59.7 Å². The normalized spacial score (nSPS) is 10.4. The van der Waals surface area contributed by atoms with Crippen molar-refractivity contribution >= 4 is 55.6 Å². The zero-order valence-electron chi connectivity index (χ0n) is 14.8. The number of fused-ring (bicyclic) bond motifs is 1. The summed E-state index contributed by atoms with van der Waals surface area (Å²) in [6.07, 6.45) is 0.860. The molecule has 4 nitrogen and oxygen atoms in total. The van der Waals surface area contributed by atoms with Gasteiger partial charge in [-0.3, -0.25) is 10.1 Å². The summed E-state index contributed by atoms with van der Waals surface area (Å²) in [6.45, 7) is 2.56. The number of thiocarbonyl (C=S) groups is 1. The molecule has 2 N–H and O–H groups in total. The number of amides is 1. The Bertz CT molecular complexity index is 991. The number of rotatable bonds is 5. The molecule has 27 heavy (non-hydrogen) atoms. The molecule has 0 saturated carbocycles. The van der Waals surface area contributed by atoms with Crippen molar-refractivity contribution in [1.82, 2.24) is 5.32 Å². The van der Waals surface area contributed by atoms with E-state index in [-0.39, 0.29) is 11.0 Å². The number of ether oxygens (including phenoxy) is 1. The van der Waals surface area contributed by atoms with Gasteiger partial charge >= 0.3 is 0 Å². The van der Waals surface area contributed by atoms with Crippen molar-refractivity contribution in [1.29, 1.82) is 0 Å². The van der Waals surface area contributed by atoms with E-state index >= 15 is 0 Å². The second kappa shape index (κ2) is 8.97. The summed E-state index contributed by atoms with van der Waals surface area (Å²) in [6, 6.07) is 19.3. The summed E-state index contributed by atoms with van der Waals surface area (Å²) in [7, 11) is 0. The van der Waals surface area contributed by atoms with Crippen LogP contribution in [0.2, 0.25) is 0 Å². The Balaban J connectivity index is 1.71. The zero-order valence-corrected chi connectivity index (χ0v) is 17.2. The Morgan fingerprint density at radius 1 is 1.07 bits per heavy atom. The lowest BCUT2D eigenvalue weighted by molar-refractivity contribution is 0.0973. The molecular weight excluding hydrogens is 424 g/mol. The van der Waals surface area contributed by atoms with Gasteiger partial charge in [-0.15, -0.1) is 0 Å². The molecule has 0 heterocycles. The summed E-state index contributed by atoms with van der Waals surface area (Å²) in [5, 5.41) is 8.25. The highest BCUT2D eigenvalue weighted by atomic mass is 79.9. The van der Waals surface area contributed by atoms with E-state index in [9.17, 15) is 4.79 Å². The average Bonchev–Trinajstić information content (AvgIpc) is 2.66. The first kappa shape index (κ1) is 19.3. The van der Waals surface area contributed by atoms with Crippen LogP contribution in [0.25, 0.3) is 10.8 Å². The fraction of sp³-hybridized carbons (Fsp3) is 0.143. The summed E-state index contributed by atoms with van der Waals surface area (Å²) in [5.74, 6) is 0.215. The van der Waals surface area contributed by atoms with Crippen LogP contribution in [0.15, 0.2) is 65.1 Å². The van der Waals surface area contributed by atoms with E-state index in [0.29, 0.717) is 17.9 Å². The Labute approximate surface area is 172 Å². The van der Waals surface area contributed by atoms with E-state index in [1.54, 1.807) is 12.1 Å². The molecule has 0 aliphatic heterocycles. The van der Waals surface area contributed by atoms with Crippen molar-refractivity contribution in [2.24, 2.45) is 0 Å². The van der Waals surface area contributed by atoms with Gasteiger partial charge in [0.15, 0.2) is 5.11 Å². The predicted octanol–water partition coefficient (Wildman–Crippen LogP) is 5.52. The number of benzene rings is 3. The third-order valence-corrected chi connectivity index (χ3v) is 4.58. The SMILES string of the molecule is CCCOc1ccc(Br)cc1C(=O)NC(=S)Nc1ccc2ccccc2c1. The highest BCUT2D eigenvalue weighted by Crippen LogP contribution is 2.24. The molecule has 0 saturated heterocycles. The highest BCUT2D eigenvalue weighted by Gasteiger charge is 2.15. The monoisotopic (exact) mass is 442 g/mol. The first-order valence-corrected chi connectivity index (χ1v) is 9.80. The van der Waals surface area contributed by atoms with E-state index in [1.807, 2.05) is 55.5 Å². The number of hydrogen-bond acceptors (Lipinski definition) is 3. The molecule has 3 rings (SSSR count). The topological polar surface area (TPSA) is 50.4 Å². The lowest BCUT2D eigenvalue weighted by atomic mass is 10.1. The maximum atomic E-state index is 12.7. The molecule has 0 spiro atoms. The number of halogens is 1. The van der Waals surface area contributed by atoms with Crippen molar-refractivity contribution in [3.05, 3.63) is 70.7 Å². The van der Waals surface area contributed by atoms with Crippen LogP contribution in [0, 0.1) is 0 Å². The summed E-state index contributed by atoms with van der Waals surface area (Å²) >= 11 is 8.69. The Morgan fingerprint density at radius 2 is 1.85 bits per heavy atom. The van der Waals surface area contributed by atoms with E-state index in [2.05, 4.69) is 26.6 Å². The van der Waals surface area contributed by atoms with Gasteiger partial charge in [0.25, 0.3) is 5.91 Å². The van der Waals surface area contributed by atoms with E-state index in [0.717, 1.165) is 27.4 Å². The molecule has 0 bridgehead atoms. The van der Waals surface area contributed by atoms with Crippen molar-refractivity contribution in [2.75, 3.05) is 11.9 Å². The largest absolute Gasteiger partial charge is 0.493 e. The fourth-order valence-electron chi connectivity index (χ4n) is 2.62. The predicted molar refractivity (Wildman–Crippen MR) is 118 cm³/mol. The molecule has 138 valence electrons. The Kier molecular flexibility index (Phi) is 6.42. The lowest BCUT2D eigenvalue weighted by Gasteiger charge is -2.13. The van der Waals surface area contributed by atoms with Crippen molar-refractivity contribution < 1.29 is 9.53 Å². The van der Waals surface area contributed by atoms with Gasteiger partial charge in [0.05, 0.1) is 12.2 Å². The molecule has 3 aromatic rings. The van der Waals surface area contributed by atoms with Crippen molar-refractivity contribution in [3.8, 4) is 5.75 Å². The molecule has 0 aromatic heterocycles. The van der Waals surface area contributed by atoms with Gasteiger partial charge in [-0.1, -0.05) is 53.2 Å². The van der Waals surface area contributed by atoms with Crippen molar-refractivity contribution in [3.63, 3.8) is 0 Å². The molecular formula is C21H19BrN2O2S. The Morgan fingerprint density at radius 3 is 2.63 bits per heavy atom. The van der Waals surface area contributed by atoms with Crippen LogP contribution in [0.5, 0.6) is 5.75 Å². The van der Waals surface area contributed by atoms with Gasteiger partial charge < -0.3 is 10.1 Å². The van der Waals surface area contributed by atoms with Gasteiger partial charge in [0.1, 0.15) is 5.75 Å². The van der Waals surface area contributed by atoms with Crippen molar-refractivity contribution in [2.45, 2.75) is 13.3 Å². The van der Waals surface area contributed by atoms with Crippen LogP contribution in [-0.2, 0) is 0 Å². The van der Waals surface area contributed by atoms with Gasteiger partial charge in [-0.25, -0.2) is 0 Å². The summed E-state index contributed by atoms with van der Waals surface area (Å²) < 4.78 is 6.46. The molecule has 1 amide bonds.